The number of rotatable bonds is 5. The molecule has 4 aromatic rings. The van der Waals surface area contributed by atoms with Gasteiger partial charge in [0, 0.05) is 31.8 Å². The summed E-state index contributed by atoms with van der Waals surface area (Å²) in [7, 11) is 1.62. The van der Waals surface area contributed by atoms with Gasteiger partial charge in [0.25, 0.3) is 0 Å². The van der Waals surface area contributed by atoms with Crippen LogP contribution in [0.2, 0.25) is 5.02 Å². The number of aryl methyl sites for hydroxylation is 1. The number of nitrogens with one attached hydrogen (secondary N) is 1. The van der Waals surface area contributed by atoms with Crippen LogP contribution in [0.4, 0.5) is 0 Å². The number of benzene rings is 2. The number of halogens is 3. The molecule has 0 saturated carbocycles. The molecule has 0 atom stereocenters. The Morgan fingerprint density at radius 1 is 1.25 bits per heavy atom. The molecule has 0 radical (unpaired) electrons. The third kappa shape index (κ3) is 4.44. The molecule has 32 heavy (non-hydrogen) atoms. The summed E-state index contributed by atoms with van der Waals surface area (Å²) in [6.45, 7) is 3.95. The maximum Gasteiger partial charge on any atom is 0.307 e. The monoisotopic (exact) mass is 625 g/mol. The van der Waals surface area contributed by atoms with Crippen molar-refractivity contribution in [2.45, 2.75) is 13.8 Å². The van der Waals surface area contributed by atoms with E-state index < -0.39 is 5.91 Å². The molecule has 1 N–H and O–H groups in total. The summed E-state index contributed by atoms with van der Waals surface area (Å²) in [6, 6.07) is 13.0. The Kier molecular flexibility index (Phi) is 6.64. The Hall–Kier alpha value is -2.30. The number of aromatic nitrogens is 1. The predicted octanol–water partition coefficient (Wildman–Crippen LogP) is 6.63. The molecule has 0 aliphatic carbocycles. The molecule has 0 unspecified atom stereocenters. The number of hydrazone groups is 1. The average molecular weight is 627 g/mol. The number of carbonyl (C=O) groups excluding carboxylic acids is 1. The maximum atomic E-state index is 12.5. The Morgan fingerprint density at radius 3 is 2.78 bits per heavy atom. The Balaban J connectivity index is 1.57. The van der Waals surface area contributed by atoms with E-state index in [2.05, 4.69) is 49.0 Å². The van der Waals surface area contributed by atoms with Gasteiger partial charge in [0.1, 0.15) is 11.3 Å². The lowest BCUT2D eigenvalue weighted by atomic mass is 10.2. The molecule has 2 aromatic heterocycles. The number of hydrogen-bond donors (Lipinski definition) is 1. The van der Waals surface area contributed by atoms with Crippen molar-refractivity contribution < 1.29 is 13.9 Å². The fraction of sp³-hybridized carbons (Fsp3) is 0.130. The number of amides is 1. The minimum Gasteiger partial charge on any atom is -0.495 e. The molecular formula is C23H18BrClIN3O3. The smallest absolute Gasteiger partial charge is 0.307 e. The lowest BCUT2D eigenvalue weighted by Gasteiger charge is -2.14. The number of carbonyl (C=O) groups is 1. The number of furan rings is 1. The number of ether oxygens (including phenoxy) is 1. The molecule has 9 heteroatoms. The van der Waals surface area contributed by atoms with E-state index in [0.717, 1.165) is 36.1 Å². The third-order valence-corrected chi connectivity index (χ3v) is 6.48. The van der Waals surface area contributed by atoms with Crippen LogP contribution in [-0.2, 0) is 0 Å². The van der Waals surface area contributed by atoms with Crippen LogP contribution in [0.3, 0.4) is 0 Å². The van der Waals surface area contributed by atoms with E-state index in [0.29, 0.717) is 16.4 Å². The summed E-state index contributed by atoms with van der Waals surface area (Å²) in [5.41, 5.74) is 6.81. The van der Waals surface area contributed by atoms with Gasteiger partial charge in [-0.25, -0.2) is 5.43 Å². The topological polar surface area (TPSA) is 68.8 Å². The van der Waals surface area contributed by atoms with Crippen LogP contribution < -0.4 is 10.2 Å². The van der Waals surface area contributed by atoms with Crippen molar-refractivity contribution in [3.63, 3.8) is 0 Å². The van der Waals surface area contributed by atoms with Crippen LogP contribution in [0.1, 0.15) is 27.5 Å². The molecule has 0 aliphatic heterocycles. The fourth-order valence-corrected chi connectivity index (χ4v) is 5.36. The molecule has 2 aromatic carbocycles. The average Bonchev–Trinajstić information content (AvgIpc) is 3.29. The van der Waals surface area contributed by atoms with Gasteiger partial charge in [0.2, 0.25) is 0 Å². The van der Waals surface area contributed by atoms with E-state index in [1.54, 1.807) is 25.5 Å². The minimum absolute atomic E-state index is 0.197. The van der Waals surface area contributed by atoms with Crippen LogP contribution in [-0.4, -0.2) is 23.8 Å². The Labute approximate surface area is 211 Å². The molecule has 0 saturated heterocycles. The SMILES string of the molecule is COc1ccc(Cl)cc1-n1c(C)cc(/C=N\NC(=O)c2cc3cc(Br)cc(I)c3o2)c1C. The molecule has 0 spiro atoms. The van der Waals surface area contributed by atoms with E-state index in [1.165, 1.54) is 0 Å². The highest BCUT2D eigenvalue weighted by molar-refractivity contribution is 14.1. The van der Waals surface area contributed by atoms with Crippen molar-refractivity contribution >= 4 is 73.2 Å². The molecule has 164 valence electrons. The fourth-order valence-electron chi connectivity index (χ4n) is 3.53. The normalized spacial score (nSPS) is 11.4. The first kappa shape index (κ1) is 22.9. The summed E-state index contributed by atoms with van der Waals surface area (Å²) >= 11 is 11.8. The molecular weight excluding hydrogens is 609 g/mol. The molecule has 0 aliphatic rings. The van der Waals surface area contributed by atoms with Crippen LogP contribution in [0.5, 0.6) is 5.75 Å². The molecule has 0 fully saturated rings. The van der Waals surface area contributed by atoms with Crippen LogP contribution in [0.15, 0.2) is 56.5 Å². The lowest BCUT2D eigenvalue weighted by molar-refractivity contribution is 0.0929. The summed E-state index contributed by atoms with van der Waals surface area (Å²) in [5, 5.41) is 5.59. The molecule has 4 rings (SSSR count). The van der Waals surface area contributed by atoms with Gasteiger partial charge < -0.3 is 13.7 Å². The van der Waals surface area contributed by atoms with Crippen molar-refractivity contribution in [1.29, 1.82) is 0 Å². The Bertz CT molecular complexity index is 1380. The molecule has 1 amide bonds. The summed E-state index contributed by atoms with van der Waals surface area (Å²) < 4.78 is 15.1. The van der Waals surface area contributed by atoms with Crippen molar-refractivity contribution in [1.82, 2.24) is 9.99 Å². The second-order valence-electron chi connectivity index (χ2n) is 7.09. The molecule has 6 nitrogen and oxygen atoms in total. The van der Waals surface area contributed by atoms with Crippen LogP contribution in [0, 0.1) is 17.4 Å². The van der Waals surface area contributed by atoms with Gasteiger partial charge in [-0.3, -0.25) is 4.79 Å². The van der Waals surface area contributed by atoms with Gasteiger partial charge in [0.15, 0.2) is 5.76 Å². The van der Waals surface area contributed by atoms with Gasteiger partial charge in [-0.15, -0.1) is 0 Å². The zero-order valence-electron chi connectivity index (χ0n) is 17.4. The van der Waals surface area contributed by atoms with E-state index in [-0.39, 0.29) is 5.76 Å². The van der Waals surface area contributed by atoms with Crippen LogP contribution in [0.25, 0.3) is 16.7 Å². The van der Waals surface area contributed by atoms with E-state index in [4.69, 9.17) is 20.8 Å². The first-order valence-electron chi connectivity index (χ1n) is 9.53. The second kappa shape index (κ2) is 9.29. The largest absolute Gasteiger partial charge is 0.495 e. The number of fused-ring (bicyclic) bond motifs is 1. The maximum absolute atomic E-state index is 12.5. The molecule has 2 heterocycles. The first-order chi connectivity index (χ1) is 15.3. The third-order valence-electron chi connectivity index (χ3n) is 4.98. The number of nitrogens with zero attached hydrogens (tertiary/aromatic N) is 2. The number of methoxy groups -OCH3 is 1. The highest BCUT2D eigenvalue weighted by Crippen LogP contribution is 2.31. The second-order valence-corrected chi connectivity index (χ2v) is 9.61. The Morgan fingerprint density at radius 2 is 2.03 bits per heavy atom. The minimum atomic E-state index is -0.422. The van der Waals surface area contributed by atoms with Gasteiger partial charge in [0.05, 0.1) is 22.6 Å². The van der Waals surface area contributed by atoms with Crippen molar-refractivity contribution in [2.24, 2.45) is 5.10 Å². The lowest BCUT2D eigenvalue weighted by Crippen LogP contribution is -2.16. The highest BCUT2D eigenvalue weighted by atomic mass is 127. The van der Waals surface area contributed by atoms with Gasteiger partial charge in [-0.2, -0.15) is 5.10 Å². The van der Waals surface area contributed by atoms with E-state index >= 15 is 0 Å². The van der Waals surface area contributed by atoms with Crippen molar-refractivity contribution in [3.8, 4) is 11.4 Å². The predicted molar refractivity (Wildman–Crippen MR) is 138 cm³/mol. The molecule has 0 bridgehead atoms. The zero-order valence-corrected chi connectivity index (χ0v) is 21.9. The zero-order chi connectivity index (χ0) is 23.0. The highest BCUT2D eigenvalue weighted by Gasteiger charge is 2.16. The van der Waals surface area contributed by atoms with Gasteiger partial charge >= 0.3 is 5.91 Å². The standard InChI is InChI=1S/C23H18BrClIN3O3/c1-12-6-15(13(2)29(12)19-10-17(25)4-5-20(19)31-3)11-27-28-23(30)21-8-14-7-16(24)9-18(26)22(14)32-21/h4-11H,1-3H3,(H,28,30)/b27-11-. The van der Waals surface area contributed by atoms with Gasteiger partial charge in [-0.1, -0.05) is 27.5 Å². The summed E-state index contributed by atoms with van der Waals surface area (Å²) in [5.74, 6) is 0.483. The van der Waals surface area contributed by atoms with Crippen molar-refractivity contribution in [2.75, 3.05) is 7.11 Å². The van der Waals surface area contributed by atoms with Crippen molar-refractivity contribution in [3.05, 3.63) is 78.2 Å². The van der Waals surface area contributed by atoms with Crippen LogP contribution >= 0.6 is 50.1 Å². The first-order valence-corrected chi connectivity index (χ1v) is 11.8. The summed E-state index contributed by atoms with van der Waals surface area (Å²) in [6.07, 6.45) is 1.61. The van der Waals surface area contributed by atoms with Gasteiger partial charge in [-0.05, 0) is 78.9 Å². The van der Waals surface area contributed by atoms with E-state index in [1.807, 2.05) is 48.7 Å². The quantitative estimate of drug-likeness (QED) is 0.154. The van der Waals surface area contributed by atoms with E-state index in [9.17, 15) is 4.79 Å². The number of hydrogen-bond acceptors (Lipinski definition) is 4. The summed E-state index contributed by atoms with van der Waals surface area (Å²) in [4.78, 5) is 12.5.